The summed E-state index contributed by atoms with van der Waals surface area (Å²) in [6.45, 7) is 8.46. The number of amides is 1. The topological polar surface area (TPSA) is 81.7 Å². The zero-order valence-corrected chi connectivity index (χ0v) is 17.7. The maximum Gasteiger partial charge on any atom is 0.347 e. The van der Waals surface area contributed by atoms with Crippen LogP contribution in [-0.4, -0.2) is 30.4 Å². The molecule has 0 unspecified atom stereocenters. The van der Waals surface area contributed by atoms with Crippen LogP contribution in [0.4, 0.5) is 10.1 Å². The number of halogens is 1. The molecule has 1 atom stereocenters. The first-order valence-corrected chi connectivity index (χ1v) is 9.51. The average molecular weight is 415 g/mol. The standard InChI is InChI=1S/C23H26FNO5/c1-14(30-18-9-6-16(7-10-18)23(3,4)5)22(28)29-13-21(27)19-11-8-17(12-20(19)24)25-15(2)26/h6-12,14H,13H2,1-5H3,(H,25,26)/t14-/m0/s1. The first-order valence-electron chi connectivity index (χ1n) is 9.51. The highest BCUT2D eigenvalue weighted by molar-refractivity contribution is 5.99. The first kappa shape index (κ1) is 23.1. The molecule has 0 heterocycles. The number of carbonyl (C=O) groups is 3. The highest BCUT2D eigenvalue weighted by Gasteiger charge is 2.20. The van der Waals surface area contributed by atoms with E-state index in [1.165, 1.54) is 26.0 Å². The Hall–Kier alpha value is -3.22. The van der Waals surface area contributed by atoms with Crippen LogP contribution >= 0.6 is 0 Å². The van der Waals surface area contributed by atoms with Crippen molar-refractivity contribution >= 4 is 23.3 Å². The third-order valence-electron chi connectivity index (χ3n) is 4.30. The second kappa shape index (κ2) is 9.52. The molecule has 0 saturated carbocycles. The molecule has 0 aliphatic carbocycles. The van der Waals surface area contributed by atoms with E-state index in [4.69, 9.17) is 9.47 Å². The zero-order valence-electron chi connectivity index (χ0n) is 17.7. The van der Waals surface area contributed by atoms with Crippen molar-refractivity contribution < 1.29 is 28.2 Å². The van der Waals surface area contributed by atoms with E-state index >= 15 is 0 Å². The minimum Gasteiger partial charge on any atom is -0.479 e. The fourth-order valence-corrected chi connectivity index (χ4v) is 2.64. The van der Waals surface area contributed by atoms with Crippen LogP contribution in [0.2, 0.25) is 0 Å². The Morgan fingerprint density at radius 3 is 2.23 bits per heavy atom. The largest absolute Gasteiger partial charge is 0.479 e. The molecule has 6 nitrogen and oxygen atoms in total. The lowest BCUT2D eigenvalue weighted by molar-refractivity contribution is -0.149. The summed E-state index contributed by atoms with van der Waals surface area (Å²) in [6, 6.07) is 11.0. The monoisotopic (exact) mass is 415 g/mol. The van der Waals surface area contributed by atoms with Crippen LogP contribution in [0.5, 0.6) is 5.75 Å². The lowest BCUT2D eigenvalue weighted by Gasteiger charge is -2.20. The molecule has 0 aromatic heterocycles. The Kier molecular flexibility index (Phi) is 7.32. The number of anilines is 1. The third kappa shape index (κ3) is 6.40. The molecule has 1 N–H and O–H groups in total. The molecule has 0 fully saturated rings. The molecule has 0 aliphatic heterocycles. The molecule has 0 bridgehead atoms. The Labute approximate surface area is 175 Å². The maximum atomic E-state index is 14.1. The number of hydrogen-bond donors (Lipinski definition) is 1. The number of ketones is 1. The molecule has 30 heavy (non-hydrogen) atoms. The van der Waals surface area contributed by atoms with Gasteiger partial charge in [0.2, 0.25) is 11.7 Å². The van der Waals surface area contributed by atoms with Crippen LogP contribution < -0.4 is 10.1 Å². The summed E-state index contributed by atoms with van der Waals surface area (Å²) in [5.41, 5.74) is 1.12. The first-order chi connectivity index (χ1) is 14.0. The minimum absolute atomic E-state index is 0.000946. The van der Waals surface area contributed by atoms with Gasteiger partial charge in [0.25, 0.3) is 0 Å². The van der Waals surface area contributed by atoms with E-state index in [-0.39, 0.29) is 22.6 Å². The Morgan fingerprint density at radius 1 is 1.07 bits per heavy atom. The van der Waals surface area contributed by atoms with Gasteiger partial charge in [0, 0.05) is 12.6 Å². The number of nitrogens with one attached hydrogen (secondary N) is 1. The normalized spacial score (nSPS) is 12.1. The van der Waals surface area contributed by atoms with Crippen LogP contribution in [0.25, 0.3) is 0 Å². The van der Waals surface area contributed by atoms with Crippen molar-refractivity contribution in [1.82, 2.24) is 0 Å². The van der Waals surface area contributed by atoms with Crippen molar-refractivity contribution in [3.05, 3.63) is 59.4 Å². The number of carbonyl (C=O) groups excluding carboxylic acids is 3. The van der Waals surface area contributed by atoms with E-state index < -0.39 is 30.3 Å². The molecule has 7 heteroatoms. The van der Waals surface area contributed by atoms with Crippen molar-refractivity contribution in [2.75, 3.05) is 11.9 Å². The minimum atomic E-state index is -0.940. The summed E-state index contributed by atoms with van der Waals surface area (Å²) in [4.78, 5) is 35.3. The number of benzene rings is 2. The number of ether oxygens (including phenoxy) is 2. The van der Waals surface area contributed by atoms with Gasteiger partial charge in [0.05, 0.1) is 5.56 Å². The predicted molar refractivity (Wildman–Crippen MR) is 111 cm³/mol. The van der Waals surface area contributed by atoms with Gasteiger partial charge in [-0.25, -0.2) is 9.18 Å². The van der Waals surface area contributed by atoms with Gasteiger partial charge in [-0.15, -0.1) is 0 Å². The Balaban J connectivity index is 1.91. The van der Waals surface area contributed by atoms with Gasteiger partial charge in [0.1, 0.15) is 11.6 Å². The van der Waals surface area contributed by atoms with E-state index in [2.05, 4.69) is 26.1 Å². The second-order valence-electron chi connectivity index (χ2n) is 7.94. The lowest BCUT2D eigenvalue weighted by Crippen LogP contribution is -2.28. The summed E-state index contributed by atoms with van der Waals surface area (Å²) in [6.07, 6.45) is -0.940. The molecule has 0 saturated heterocycles. The number of rotatable bonds is 7. The smallest absolute Gasteiger partial charge is 0.347 e. The van der Waals surface area contributed by atoms with Crippen LogP contribution in [0, 0.1) is 5.82 Å². The van der Waals surface area contributed by atoms with Gasteiger partial charge in [-0.1, -0.05) is 32.9 Å². The quantitative estimate of drug-likeness (QED) is 0.539. The molecule has 2 aromatic carbocycles. The van der Waals surface area contributed by atoms with Crippen molar-refractivity contribution in [3.63, 3.8) is 0 Å². The van der Waals surface area contributed by atoms with Gasteiger partial charge in [-0.05, 0) is 48.2 Å². The fraction of sp³-hybridized carbons (Fsp3) is 0.348. The van der Waals surface area contributed by atoms with Crippen LogP contribution in [0.1, 0.15) is 50.5 Å². The molecule has 2 aromatic rings. The molecule has 0 spiro atoms. The lowest BCUT2D eigenvalue weighted by atomic mass is 9.87. The van der Waals surface area contributed by atoms with Crippen LogP contribution in [0.3, 0.4) is 0 Å². The van der Waals surface area contributed by atoms with E-state index in [1.807, 2.05) is 12.1 Å². The van der Waals surface area contributed by atoms with Gasteiger partial charge >= 0.3 is 5.97 Å². The number of esters is 1. The molecule has 2 rings (SSSR count). The summed E-state index contributed by atoms with van der Waals surface area (Å²) in [5, 5.41) is 2.42. The third-order valence-corrected chi connectivity index (χ3v) is 4.30. The van der Waals surface area contributed by atoms with Gasteiger partial charge in [0.15, 0.2) is 12.7 Å². The van der Waals surface area contributed by atoms with E-state index in [9.17, 15) is 18.8 Å². The molecule has 160 valence electrons. The zero-order chi connectivity index (χ0) is 22.5. The van der Waals surface area contributed by atoms with E-state index in [0.29, 0.717) is 5.75 Å². The van der Waals surface area contributed by atoms with Gasteiger partial charge in [-0.2, -0.15) is 0 Å². The van der Waals surface area contributed by atoms with Crippen molar-refractivity contribution in [2.45, 2.75) is 46.1 Å². The van der Waals surface area contributed by atoms with Crippen LogP contribution in [0.15, 0.2) is 42.5 Å². The summed E-state index contributed by atoms with van der Waals surface area (Å²) in [5.74, 6) is -2.11. The SMILES string of the molecule is CC(=O)Nc1ccc(C(=O)COC(=O)[C@H](C)Oc2ccc(C(C)(C)C)cc2)c(F)c1. The molecule has 0 radical (unpaired) electrons. The maximum absolute atomic E-state index is 14.1. The second-order valence-corrected chi connectivity index (χ2v) is 7.94. The van der Waals surface area contributed by atoms with Gasteiger partial charge < -0.3 is 14.8 Å². The van der Waals surface area contributed by atoms with Crippen LogP contribution in [-0.2, 0) is 19.7 Å². The van der Waals surface area contributed by atoms with Gasteiger partial charge in [-0.3, -0.25) is 9.59 Å². The molecular formula is C23H26FNO5. The Bertz CT molecular complexity index is 932. The number of hydrogen-bond acceptors (Lipinski definition) is 5. The van der Waals surface area contributed by atoms with Crippen molar-refractivity contribution in [3.8, 4) is 5.75 Å². The average Bonchev–Trinajstić information content (AvgIpc) is 2.65. The molecule has 0 aliphatic rings. The number of Topliss-reactive ketones (excluding diaryl/α,β-unsaturated/α-hetero) is 1. The summed E-state index contributed by atoms with van der Waals surface area (Å²) < 4.78 is 24.6. The highest BCUT2D eigenvalue weighted by Crippen LogP contribution is 2.24. The highest BCUT2D eigenvalue weighted by atomic mass is 19.1. The molecule has 1 amide bonds. The Morgan fingerprint density at radius 2 is 1.70 bits per heavy atom. The summed E-state index contributed by atoms with van der Waals surface area (Å²) in [7, 11) is 0. The van der Waals surface area contributed by atoms with E-state index in [0.717, 1.165) is 11.6 Å². The predicted octanol–water partition coefficient (Wildman–Crippen LogP) is 4.28. The summed E-state index contributed by atoms with van der Waals surface area (Å²) >= 11 is 0. The van der Waals surface area contributed by atoms with E-state index in [1.54, 1.807) is 12.1 Å². The van der Waals surface area contributed by atoms with Crippen molar-refractivity contribution in [1.29, 1.82) is 0 Å². The fourth-order valence-electron chi connectivity index (χ4n) is 2.64. The molecular weight excluding hydrogens is 389 g/mol. The van der Waals surface area contributed by atoms with Crippen molar-refractivity contribution in [2.24, 2.45) is 0 Å².